The van der Waals surface area contributed by atoms with E-state index < -0.39 is 0 Å². The van der Waals surface area contributed by atoms with Gasteiger partial charge in [-0.15, -0.1) is 11.8 Å². The van der Waals surface area contributed by atoms with Crippen molar-refractivity contribution >= 4 is 45.2 Å². The number of benzene rings is 1. The molecule has 0 radical (unpaired) electrons. The van der Waals surface area contributed by atoms with Gasteiger partial charge in [0.05, 0.1) is 17.5 Å². The first-order chi connectivity index (χ1) is 12.0. The Morgan fingerprint density at radius 2 is 2.08 bits per heavy atom. The van der Waals surface area contributed by atoms with Crippen molar-refractivity contribution in [2.75, 3.05) is 23.4 Å². The van der Waals surface area contributed by atoms with Crippen LogP contribution < -0.4 is 5.32 Å². The molecule has 1 atom stereocenters. The molecular formula is C18H20BrN3O2S. The second-order valence-corrected chi connectivity index (χ2v) is 7.84. The molecule has 25 heavy (non-hydrogen) atoms. The van der Waals surface area contributed by atoms with Crippen molar-refractivity contribution in [3.8, 4) is 0 Å². The fourth-order valence-corrected chi connectivity index (χ4v) is 4.10. The zero-order chi connectivity index (χ0) is 17.8. The van der Waals surface area contributed by atoms with Gasteiger partial charge in [0, 0.05) is 35.1 Å². The number of anilines is 1. The summed E-state index contributed by atoms with van der Waals surface area (Å²) in [6.45, 7) is 3.59. The van der Waals surface area contributed by atoms with Crippen LogP contribution in [0, 0.1) is 0 Å². The molecule has 1 N–H and O–H groups in total. The van der Waals surface area contributed by atoms with Crippen molar-refractivity contribution < 1.29 is 9.59 Å². The van der Waals surface area contributed by atoms with Crippen molar-refractivity contribution in [3.63, 3.8) is 0 Å². The third-order valence-electron chi connectivity index (χ3n) is 4.23. The van der Waals surface area contributed by atoms with Crippen LogP contribution in [0.15, 0.2) is 47.1 Å². The Morgan fingerprint density at radius 1 is 1.24 bits per heavy atom. The van der Waals surface area contributed by atoms with Gasteiger partial charge in [0.1, 0.15) is 0 Å². The number of nitrogens with one attached hydrogen (secondary N) is 1. The monoisotopic (exact) mass is 421 g/mol. The number of aromatic nitrogens is 1. The highest BCUT2D eigenvalue weighted by molar-refractivity contribution is 9.10. The fourth-order valence-electron chi connectivity index (χ4n) is 3.00. The summed E-state index contributed by atoms with van der Waals surface area (Å²) in [5.74, 6) is 0.560. The summed E-state index contributed by atoms with van der Waals surface area (Å²) < 4.78 is 3.10. The number of amides is 2. The lowest BCUT2D eigenvalue weighted by atomic mass is 10.1. The van der Waals surface area contributed by atoms with Gasteiger partial charge in [-0.2, -0.15) is 0 Å². The molecule has 0 fully saturated rings. The van der Waals surface area contributed by atoms with Gasteiger partial charge in [0.15, 0.2) is 0 Å². The highest BCUT2D eigenvalue weighted by atomic mass is 79.9. The molecule has 1 aliphatic heterocycles. The van der Waals surface area contributed by atoms with Crippen LogP contribution in [-0.2, 0) is 16.1 Å². The van der Waals surface area contributed by atoms with Gasteiger partial charge in [0.2, 0.25) is 11.8 Å². The molecule has 3 rings (SSSR count). The van der Waals surface area contributed by atoms with E-state index in [1.807, 2.05) is 42.2 Å². The Morgan fingerprint density at radius 3 is 2.88 bits per heavy atom. The Bertz CT molecular complexity index is 777. The number of nitrogens with zero attached hydrogens (tertiary/aromatic N) is 2. The summed E-state index contributed by atoms with van der Waals surface area (Å²) in [7, 11) is 0. The Kier molecular flexibility index (Phi) is 5.86. The van der Waals surface area contributed by atoms with Gasteiger partial charge in [-0.05, 0) is 37.3 Å². The number of carbonyl (C=O) groups is 2. The standard InChI is InChI=1S/C18H20BrN3O2S/c1-13-16-6-3-7-21(16)8-9-22(13)18(24)12-25-11-17(23)20-15-5-2-4-14(19)10-15/h2-7,10,13H,8-9,11-12H2,1H3,(H,20,23). The molecule has 2 amide bonds. The molecule has 0 saturated carbocycles. The molecule has 0 saturated heterocycles. The lowest BCUT2D eigenvalue weighted by molar-refractivity contribution is -0.131. The third kappa shape index (κ3) is 4.46. The molecule has 1 aromatic heterocycles. The summed E-state index contributed by atoms with van der Waals surface area (Å²) in [5.41, 5.74) is 1.91. The van der Waals surface area contributed by atoms with Crippen LogP contribution in [0.5, 0.6) is 0 Å². The highest BCUT2D eigenvalue weighted by Crippen LogP contribution is 2.26. The maximum absolute atomic E-state index is 12.5. The second-order valence-electron chi connectivity index (χ2n) is 5.94. The van der Waals surface area contributed by atoms with Crippen molar-refractivity contribution in [1.82, 2.24) is 9.47 Å². The number of fused-ring (bicyclic) bond motifs is 1. The molecule has 0 aliphatic carbocycles. The first-order valence-corrected chi connectivity index (χ1v) is 10.1. The largest absolute Gasteiger partial charge is 0.348 e. The maximum Gasteiger partial charge on any atom is 0.234 e. The number of halogens is 1. The maximum atomic E-state index is 12.5. The van der Waals surface area contributed by atoms with Crippen molar-refractivity contribution in [2.24, 2.45) is 0 Å². The molecule has 7 heteroatoms. The summed E-state index contributed by atoms with van der Waals surface area (Å²) in [6, 6.07) is 11.6. The number of hydrogen-bond donors (Lipinski definition) is 1. The van der Waals surface area contributed by atoms with Gasteiger partial charge >= 0.3 is 0 Å². The van der Waals surface area contributed by atoms with Crippen LogP contribution >= 0.6 is 27.7 Å². The average Bonchev–Trinajstić information content (AvgIpc) is 3.04. The van der Waals surface area contributed by atoms with Gasteiger partial charge in [-0.3, -0.25) is 9.59 Å². The molecule has 5 nitrogen and oxygen atoms in total. The quantitative estimate of drug-likeness (QED) is 0.802. The molecule has 2 heterocycles. The SMILES string of the molecule is CC1c2cccn2CCN1C(=O)CSCC(=O)Nc1cccc(Br)c1. The summed E-state index contributed by atoms with van der Waals surface area (Å²) >= 11 is 4.72. The van der Waals surface area contributed by atoms with E-state index in [0.717, 1.165) is 22.4 Å². The second kappa shape index (κ2) is 8.10. The molecule has 0 spiro atoms. The van der Waals surface area contributed by atoms with E-state index in [1.54, 1.807) is 0 Å². The van der Waals surface area contributed by atoms with Gasteiger partial charge in [0.25, 0.3) is 0 Å². The fraction of sp³-hybridized carbons (Fsp3) is 0.333. The number of rotatable bonds is 5. The molecule has 132 valence electrons. The minimum absolute atomic E-state index is 0.0762. The van der Waals surface area contributed by atoms with Crippen LogP contribution in [0.2, 0.25) is 0 Å². The molecule has 0 bridgehead atoms. The Labute approximate surface area is 159 Å². The topological polar surface area (TPSA) is 54.3 Å². The van der Waals surface area contributed by atoms with E-state index in [4.69, 9.17) is 0 Å². The van der Waals surface area contributed by atoms with Crippen molar-refractivity contribution in [1.29, 1.82) is 0 Å². The molecule has 1 aliphatic rings. The van der Waals surface area contributed by atoms with Crippen LogP contribution in [0.4, 0.5) is 5.69 Å². The van der Waals surface area contributed by atoms with Gasteiger partial charge in [-0.25, -0.2) is 0 Å². The zero-order valence-corrected chi connectivity index (χ0v) is 16.3. The van der Waals surface area contributed by atoms with Gasteiger partial charge < -0.3 is 14.8 Å². The molecule has 1 aromatic carbocycles. The number of carbonyl (C=O) groups excluding carboxylic acids is 2. The lowest BCUT2D eigenvalue weighted by Gasteiger charge is -2.35. The van der Waals surface area contributed by atoms with E-state index in [1.165, 1.54) is 11.8 Å². The van der Waals surface area contributed by atoms with Crippen LogP contribution in [0.1, 0.15) is 18.7 Å². The predicted molar refractivity (Wildman–Crippen MR) is 105 cm³/mol. The molecule has 1 unspecified atom stereocenters. The minimum atomic E-state index is -0.100. The number of hydrogen-bond acceptors (Lipinski definition) is 3. The zero-order valence-electron chi connectivity index (χ0n) is 13.9. The number of thioether (sulfide) groups is 1. The highest BCUT2D eigenvalue weighted by Gasteiger charge is 2.27. The summed E-state index contributed by atoms with van der Waals surface area (Å²) in [4.78, 5) is 26.4. The molecule has 2 aromatic rings. The Balaban J connectivity index is 1.46. The molecular weight excluding hydrogens is 402 g/mol. The van der Waals surface area contributed by atoms with Crippen molar-refractivity contribution in [2.45, 2.75) is 19.5 Å². The lowest BCUT2D eigenvalue weighted by Crippen LogP contribution is -2.41. The minimum Gasteiger partial charge on any atom is -0.348 e. The summed E-state index contributed by atoms with van der Waals surface area (Å²) in [5, 5.41) is 2.84. The van der Waals surface area contributed by atoms with E-state index in [0.29, 0.717) is 12.3 Å². The first-order valence-electron chi connectivity index (χ1n) is 8.12. The third-order valence-corrected chi connectivity index (χ3v) is 5.64. The summed E-state index contributed by atoms with van der Waals surface area (Å²) in [6.07, 6.45) is 2.05. The van der Waals surface area contributed by atoms with E-state index in [-0.39, 0.29) is 23.6 Å². The normalized spacial score (nSPS) is 16.4. The van der Waals surface area contributed by atoms with E-state index in [2.05, 4.69) is 38.1 Å². The van der Waals surface area contributed by atoms with Gasteiger partial charge in [-0.1, -0.05) is 22.0 Å². The Hall–Kier alpha value is -1.73. The predicted octanol–water partition coefficient (Wildman–Crippen LogP) is 3.53. The van der Waals surface area contributed by atoms with Crippen molar-refractivity contribution in [3.05, 3.63) is 52.8 Å². The first kappa shape index (κ1) is 18.1. The van der Waals surface area contributed by atoms with Crippen LogP contribution in [0.3, 0.4) is 0 Å². The van der Waals surface area contributed by atoms with E-state index >= 15 is 0 Å². The van der Waals surface area contributed by atoms with Crippen LogP contribution in [-0.4, -0.2) is 39.3 Å². The smallest absolute Gasteiger partial charge is 0.234 e. The van der Waals surface area contributed by atoms with Crippen LogP contribution in [0.25, 0.3) is 0 Å². The average molecular weight is 422 g/mol. The van der Waals surface area contributed by atoms with E-state index in [9.17, 15) is 9.59 Å².